The molecule has 27 heavy (non-hydrogen) atoms. The van der Waals surface area contributed by atoms with Crippen LogP contribution in [-0.4, -0.2) is 17.9 Å². The van der Waals surface area contributed by atoms with Crippen molar-refractivity contribution in [2.75, 3.05) is 0 Å². The predicted molar refractivity (Wildman–Crippen MR) is 106 cm³/mol. The van der Waals surface area contributed by atoms with E-state index in [0.717, 1.165) is 44.1 Å². The van der Waals surface area contributed by atoms with Gasteiger partial charge in [0.05, 0.1) is 0 Å². The minimum absolute atomic E-state index is 0.0620. The van der Waals surface area contributed by atoms with E-state index < -0.39 is 0 Å². The number of ketones is 1. The number of ether oxygens (including phenoxy) is 1. The van der Waals surface area contributed by atoms with Crippen LogP contribution in [0.2, 0.25) is 0 Å². The summed E-state index contributed by atoms with van der Waals surface area (Å²) in [5.41, 5.74) is 4.33. The van der Waals surface area contributed by atoms with Crippen LogP contribution in [0.25, 0.3) is 0 Å². The zero-order valence-electron chi connectivity index (χ0n) is 17.6. The van der Waals surface area contributed by atoms with Crippen LogP contribution in [0.4, 0.5) is 0 Å². The van der Waals surface area contributed by atoms with Gasteiger partial charge in [0.2, 0.25) is 0 Å². The molecular formula is C24H34O3. The minimum Gasteiger partial charge on any atom is -0.462 e. The summed E-state index contributed by atoms with van der Waals surface area (Å²) in [6.07, 6.45) is 10.1. The zero-order chi connectivity index (χ0) is 19.6. The quantitative estimate of drug-likeness (QED) is 0.483. The highest BCUT2D eigenvalue weighted by Crippen LogP contribution is 2.66. The molecule has 148 valence electrons. The molecule has 0 heterocycles. The average molecular weight is 371 g/mol. The van der Waals surface area contributed by atoms with Crippen molar-refractivity contribution in [3.05, 3.63) is 22.8 Å². The standard InChI is InChI=1S/C24H34O3/c1-14-12-21-19-7-6-17-13-18(27-16(3)26)8-10-23(17,4)20(19)9-11-24(21,5)22(14)15(2)25/h6,18-21H,7-13H2,1-5H3/t18-,19-,20-,21+,23+,24-/m1/s1. The highest BCUT2D eigenvalue weighted by Gasteiger charge is 2.58. The van der Waals surface area contributed by atoms with Crippen molar-refractivity contribution < 1.29 is 14.3 Å². The van der Waals surface area contributed by atoms with Crippen molar-refractivity contribution in [3.63, 3.8) is 0 Å². The molecule has 0 aliphatic heterocycles. The van der Waals surface area contributed by atoms with E-state index in [0.29, 0.717) is 17.8 Å². The fourth-order valence-electron chi connectivity index (χ4n) is 7.59. The average Bonchev–Trinajstić information content (AvgIpc) is 2.85. The lowest BCUT2D eigenvalue weighted by atomic mass is 9.47. The van der Waals surface area contributed by atoms with Gasteiger partial charge in [-0.3, -0.25) is 9.59 Å². The molecule has 0 unspecified atom stereocenters. The lowest BCUT2D eigenvalue weighted by Crippen LogP contribution is -2.50. The van der Waals surface area contributed by atoms with E-state index in [1.807, 2.05) is 0 Å². The highest BCUT2D eigenvalue weighted by molar-refractivity contribution is 5.96. The van der Waals surface area contributed by atoms with E-state index in [1.54, 1.807) is 6.92 Å². The maximum absolute atomic E-state index is 12.4. The maximum Gasteiger partial charge on any atom is 0.302 e. The predicted octanol–water partition coefficient (Wildman–Crippen LogP) is 5.40. The zero-order valence-corrected chi connectivity index (χ0v) is 17.6. The first kappa shape index (κ1) is 19.0. The second kappa shape index (κ2) is 6.32. The summed E-state index contributed by atoms with van der Waals surface area (Å²) < 4.78 is 5.54. The van der Waals surface area contributed by atoms with E-state index in [1.165, 1.54) is 24.5 Å². The Kier molecular flexibility index (Phi) is 4.44. The van der Waals surface area contributed by atoms with Gasteiger partial charge in [0, 0.05) is 13.3 Å². The van der Waals surface area contributed by atoms with Gasteiger partial charge in [0.15, 0.2) is 5.78 Å². The maximum atomic E-state index is 12.4. The molecule has 6 atom stereocenters. The van der Waals surface area contributed by atoms with Gasteiger partial charge < -0.3 is 4.74 Å². The molecule has 4 aliphatic rings. The van der Waals surface area contributed by atoms with Crippen LogP contribution in [0.15, 0.2) is 22.8 Å². The Morgan fingerprint density at radius 3 is 2.41 bits per heavy atom. The molecule has 4 aliphatic carbocycles. The number of carbonyl (C=O) groups excluding carboxylic acids is 2. The summed E-state index contributed by atoms with van der Waals surface area (Å²) in [5.74, 6) is 2.12. The largest absolute Gasteiger partial charge is 0.462 e. The number of carbonyl (C=O) groups is 2. The number of hydrogen-bond acceptors (Lipinski definition) is 3. The number of Topliss-reactive ketones (excluding diaryl/α,β-unsaturated/α-hetero) is 1. The second-order valence-corrected chi connectivity index (χ2v) is 10.1. The Balaban J connectivity index is 1.62. The van der Waals surface area contributed by atoms with Gasteiger partial charge in [0.1, 0.15) is 6.10 Å². The van der Waals surface area contributed by atoms with Gasteiger partial charge >= 0.3 is 5.97 Å². The third-order valence-corrected chi connectivity index (χ3v) is 8.66. The Labute approximate surface area is 163 Å². The van der Waals surface area contributed by atoms with E-state index in [9.17, 15) is 9.59 Å². The minimum atomic E-state index is -0.157. The van der Waals surface area contributed by atoms with Crippen LogP contribution in [0.3, 0.4) is 0 Å². The first-order valence-electron chi connectivity index (χ1n) is 10.7. The Morgan fingerprint density at radius 1 is 1.04 bits per heavy atom. The topological polar surface area (TPSA) is 43.4 Å². The molecule has 0 bridgehead atoms. The molecule has 0 N–H and O–H groups in total. The Hall–Kier alpha value is -1.38. The first-order valence-corrected chi connectivity index (χ1v) is 10.7. The van der Waals surface area contributed by atoms with E-state index in [2.05, 4.69) is 26.8 Å². The smallest absolute Gasteiger partial charge is 0.302 e. The van der Waals surface area contributed by atoms with Gasteiger partial charge in [0.25, 0.3) is 0 Å². The third kappa shape index (κ3) is 2.76. The van der Waals surface area contributed by atoms with Crippen LogP contribution >= 0.6 is 0 Å². The molecule has 0 aromatic carbocycles. The normalized spacial score (nSPS) is 43.4. The molecule has 4 rings (SSSR count). The molecule has 0 aromatic rings. The van der Waals surface area contributed by atoms with Gasteiger partial charge in [-0.2, -0.15) is 0 Å². The van der Waals surface area contributed by atoms with Crippen LogP contribution in [0.1, 0.15) is 79.6 Å². The SMILES string of the molecule is CC(=O)O[C@@H]1CC[C@@]2(C)C(=CC[C@@H]3[C@H]2CC[C@@]2(C)C(C(C)=O)=C(C)C[C@@H]32)C1. The molecule has 2 saturated carbocycles. The summed E-state index contributed by atoms with van der Waals surface area (Å²) >= 11 is 0. The van der Waals surface area contributed by atoms with Crippen molar-refractivity contribution in [2.24, 2.45) is 28.6 Å². The van der Waals surface area contributed by atoms with Crippen LogP contribution < -0.4 is 0 Å². The van der Waals surface area contributed by atoms with Gasteiger partial charge in [-0.25, -0.2) is 0 Å². The molecule has 2 fully saturated rings. The fourth-order valence-corrected chi connectivity index (χ4v) is 7.59. The number of hydrogen-bond donors (Lipinski definition) is 0. The molecule has 0 saturated heterocycles. The highest BCUT2D eigenvalue weighted by atomic mass is 16.5. The van der Waals surface area contributed by atoms with E-state index >= 15 is 0 Å². The summed E-state index contributed by atoms with van der Waals surface area (Å²) in [6, 6.07) is 0. The first-order chi connectivity index (χ1) is 12.7. The van der Waals surface area contributed by atoms with Gasteiger partial charge in [-0.1, -0.05) is 31.1 Å². The van der Waals surface area contributed by atoms with Gasteiger partial charge in [-0.15, -0.1) is 0 Å². The Morgan fingerprint density at radius 2 is 1.74 bits per heavy atom. The monoisotopic (exact) mass is 370 g/mol. The van der Waals surface area contributed by atoms with Gasteiger partial charge in [-0.05, 0) is 86.5 Å². The molecule has 0 aromatic heterocycles. The third-order valence-electron chi connectivity index (χ3n) is 8.66. The van der Waals surface area contributed by atoms with Crippen LogP contribution in [0.5, 0.6) is 0 Å². The summed E-state index contributed by atoms with van der Waals surface area (Å²) in [5, 5.41) is 0. The van der Waals surface area contributed by atoms with Crippen molar-refractivity contribution in [2.45, 2.75) is 85.7 Å². The number of fused-ring (bicyclic) bond motifs is 5. The van der Waals surface area contributed by atoms with Crippen LogP contribution in [0, 0.1) is 28.6 Å². The molecule has 3 heteroatoms. The van der Waals surface area contributed by atoms with E-state index in [4.69, 9.17) is 4.74 Å². The lowest BCUT2D eigenvalue weighted by molar-refractivity contribution is -0.148. The molecule has 0 spiro atoms. The number of esters is 1. The number of rotatable bonds is 2. The molecule has 0 amide bonds. The van der Waals surface area contributed by atoms with Crippen LogP contribution in [-0.2, 0) is 14.3 Å². The fraction of sp³-hybridized carbons (Fsp3) is 0.750. The van der Waals surface area contributed by atoms with Crippen molar-refractivity contribution >= 4 is 11.8 Å². The lowest BCUT2D eigenvalue weighted by Gasteiger charge is -2.57. The van der Waals surface area contributed by atoms with Crippen molar-refractivity contribution in [3.8, 4) is 0 Å². The Bertz CT molecular complexity index is 745. The second-order valence-electron chi connectivity index (χ2n) is 10.1. The van der Waals surface area contributed by atoms with E-state index in [-0.39, 0.29) is 28.7 Å². The van der Waals surface area contributed by atoms with Crippen molar-refractivity contribution in [1.82, 2.24) is 0 Å². The summed E-state index contributed by atoms with van der Waals surface area (Å²) in [7, 11) is 0. The molecular weight excluding hydrogens is 336 g/mol. The number of allylic oxidation sites excluding steroid dienone is 3. The molecule has 0 radical (unpaired) electrons. The summed E-state index contributed by atoms with van der Waals surface area (Å²) in [4.78, 5) is 23.8. The van der Waals surface area contributed by atoms with Crippen molar-refractivity contribution in [1.29, 1.82) is 0 Å². The summed E-state index contributed by atoms with van der Waals surface area (Å²) in [6.45, 7) is 10.3. The molecule has 3 nitrogen and oxygen atoms in total.